The van der Waals surface area contributed by atoms with E-state index in [1.165, 1.54) is 11.6 Å². The van der Waals surface area contributed by atoms with Gasteiger partial charge >= 0.3 is 0 Å². The molecule has 0 aliphatic carbocycles. The summed E-state index contributed by atoms with van der Waals surface area (Å²) in [7, 11) is 0. The second-order valence-electron chi connectivity index (χ2n) is 1.67. The number of hydrogen-bond donors (Lipinski definition) is 0. The minimum absolute atomic E-state index is 0.762. The fraction of sp³-hybridized carbons (Fsp3) is 0.286. The molecule has 0 aromatic heterocycles. The Hall–Kier alpha value is -0.370. The summed E-state index contributed by atoms with van der Waals surface area (Å²) in [5, 5.41) is 0.857. The molecule has 1 nitrogen and oxygen atoms in total. The van der Waals surface area contributed by atoms with Crippen LogP contribution in [-0.2, 0) is 4.79 Å². The molecule has 9 heavy (non-hydrogen) atoms. The van der Waals surface area contributed by atoms with Crippen molar-refractivity contribution in [2.75, 3.05) is 5.33 Å². The Morgan fingerprint density at radius 1 is 1.56 bits per heavy atom. The van der Waals surface area contributed by atoms with E-state index in [4.69, 9.17) is 0 Å². The largest absolute Gasteiger partial charge is 0.299 e. The molecule has 0 saturated heterocycles. The van der Waals surface area contributed by atoms with Crippen LogP contribution in [-0.4, -0.2) is 11.6 Å². The maximum Gasteiger partial charge on any atom is 0.142 e. The van der Waals surface area contributed by atoms with Crippen LogP contribution in [0.4, 0.5) is 0 Å². The topological polar surface area (TPSA) is 17.1 Å². The Balaban J connectivity index is 3.67. The van der Waals surface area contributed by atoms with E-state index in [0.717, 1.165) is 11.6 Å². The minimum Gasteiger partial charge on any atom is -0.299 e. The fourth-order valence-corrected chi connectivity index (χ4v) is 0.497. The van der Waals surface area contributed by atoms with Crippen molar-refractivity contribution in [3.8, 4) is 0 Å². The van der Waals surface area contributed by atoms with Gasteiger partial charge in [0, 0.05) is 5.33 Å². The zero-order chi connectivity index (χ0) is 7.11. The van der Waals surface area contributed by atoms with Crippen LogP contribution in [0, 0.1) is 0 Å². The minimum atomic E-state index is 0.762. The number of alkyl halides is 1. The molecule has 0 unspecified atom stereocenters. The molecule has 0 N–H and O–H groups in total. The highest BCUT2D eigenvalue weighted by molar-refractivity contribution is 9.09. The van der Waals surface area contributed by atoms with E-state index in [-0.39, 0.29) is 0 Å². The molecule has 0 heterocycles. The van der Waals surface area contributed by atoms with Crippen LogP contribution in [0.1, 0.15) is 6.92 Å². The molecule has 0 saturated carbocycles. The maximum absolute atomic E-state index is 9.75. The van der Waals surface area contributed by atoms with Gasteiger partial charge in [-0.1, -0.05) is 33.7 Å². The van der Waals surface area contributed by atoms with E-state index in [9.17, 15) is 4.79 Å². The van der Waals surface area contributed by atoms with Gasteiger partial charge in [0.15, 0.2) is 0 Å². The zero-order valence-corrected chi connectivity index (χ0v) is 6.89. The lowest BCUT2D eigenvalue weighted by Gasteiger charge is -1.85. The molecule has 0 atom stereocenters. The normalized spacial score (nSPS) is 12.4. The number of allylic oxidation sites excluding steroid dienone is 4. The Labute approximate surface area is 63.6 Å². The Morgan fingerprint density at radius 3 is 2.67 bits per heavy atom. The lowest BCUT2D eigenvalue weighted by atomic mass is 10.3. The molecular weight excluding hydrogens is 180 g/mol. The van der Waals surface area contributed by atoms with Crippen molar-refractivity contribution in [2.45, 2.75) is 6.92 Å². The quantitative estimate of drug-likeness (QED) is 0.287. The number of carbonyl (C=O) groups excluding carboxylic acids is 1. The third-order valence-electron chi connectivity index (χ3n) is 0.781. The highest BCUT2D eigenvalue weighted by Gasteiger charge is 1.77. The summed E-state index contributed by atoms with van der Waals surface area (Å²) >= 11 is 3.28. The monoisotopic (exact) mass is 188 g/mol. The first-order chi connectivity index (χ1) is 4.31. The zero-order valence-electron chi connectivity index (χ0n) is 5.30. The maximum atomic E-state index is 9.75. The predicted molar refractivity (Wildman–Crippen MR) is 42.8 cm³/mol. The van der Waals surface area contributed by atoms with Crippen LogP contribution in [0.2, 0.25) is 0 Å². The summed E-state index contributed by atoms with van der Waals surface area (Å²) in [6.07, 6.45) is 5.84. The van der Waals surface area contributed by atoms with Crippen LogP contribution in [0.25, 0.3) is 0 Å². The number of hydrogen-bond acceptors (Lipinski definition) is 1. The molecule has 0 aromatic rings. The summed E-state index contributed by atoms with van der Waals surface area (Å²) in [5.41, 5.74) is 1.20. The van der Waals surface area contributed by atoms with Crippen molar-refractivity contribution in [3.63, 3.8) is 0 Å². The Morgan fingerprint density at radius 2 is 2.22 bits per heavy atom. The van der Waals surface area contributed by atoms with Gasteiger partial charge in [0.05, 0.1) is 0 Å². The van der Waals surface area contributed by atoms with Crippen LogP contribution < -0.4 is 0 Å². The Kier molecular flexibility index (Phi) is 5.52. The van der Waals surface area contributed by atoms with E-state index in [0.29, 0.717) is 0 Å². The van der Waals surface area contributed by atoms with Gasteiger partial charge in [-0.05, 0) is 13.0 Å². The van der Waals surface area contributed by atoms with Crippen LogP contribution >= 0.6 is 15.9 Å². The van der Waals surface area contributed by atoms with E-state index in [2.05, 4.69) is 15.9 Å². The van der Waals surface area contributed by atoms with Gasteiger partial charge in [0.25, 0.3) is 0 Å². The molecule has 0 spiro atoms. The van der Waals surface area contributed by atoms with Crippen molar-refractivity contribution in [1.82, 2.24) is 0 Å². The summed E-state index contributed by atoms with van der Waals surface area (Å²) < 4.78 is 0. The number of carbonyl (C=O) groups is 1. The summed E-state index contributed by atoms with van der Waals surface area (Å²) in [6.45, 7) is 1.99. The molecule has 0 amide bonds. The van der Waals surface area contributed by atoms with E-state index in [1.807, 2.05) is 13.0 Å². The lowest BCUT2D eigenvalue weighted by Crippen LogP contribution is -1.71. The van der Waals surface area contributed by atoms with E-state index >= 15 is 0 Å². The molecule has 0 aliphatic heterocycles. The number of halogens is 1. The van der Waals surface area contributed by atoms with Crippen molar-refractivity contribution in [2.24, 2.45) is 0 Å². The highest BCUT2D eigenvalue weighted by Crippen LogP contribution is 1.96. The fourth-order valence-electron chi connectivity index (χ4n) is 0.310. The molecule has 0 aliphatic rings. The van der Waals surface area contributed by atoms with Crippen LogP contribution in [0.15, 0.2) is 23.8 Å². The van der Waals surface area contributed by atoms with Crippen LogP contribution in [0.3, 0.4) is 0 Å². The van der Waals surface area contributed by atoms with Gasteiger partial charge in [0.2, 0.25) is 0 Å². The summed E-state index contributed by atoms with van der Waals surface area (Å²) in [5.74, 6) is 0. The van der Waals surface area contributed by atoms with Gasteiger partial charge in [-0.2, -0.15) is 0 Å². The smallest absolute Gasteiger partial charge is 0.142 e. The second kappa shape index (κ2) is 5.76. The predicted octanol–water partition coefficient (Wildman–Crippen LogP) is 2.08. The third-order valence-corrected chi connectivity index (χ3v) is 1.67. The number of rotatable bonds is 3. The van der Waals surface area contributed by atoms with Gasteiger partial charge in [-0.3, -0.25) is 4.79 Å². The highest BCUT2D eigenvalue weighted by atomic mass is 79.9. The molecule has 0 radical (unpaired) electrons. The van der Waals surface area contributed by atoms with Gasteiger partial charge in [0.1, 0.15) is 6.29 Å². The Bertz CT molecular complexity index is 136. The van der Waals surface area contributed by atoms with Crippen LogP contribution in [0.5, 0.6) is 0 Å². The lowest BCUT2D eigenvalue weighted by molar-refractivity contribution is -0.104. The molecule has 0 aromatic carbocycles. The van der Waals surface area contributed by atoms with Gasteiger partial charge in [-0.25, -0.2) is 0 Å². The van der Waals surface area contributed by atoms with Crippen molar-refractivity contribution in [3.05, 3.63) is 23.8 Å². The SMILES string of the molecule is C/C(=C/C=C/C=O)CBr. The molecule has 0 rings (SSSR count). The first-order valence-electron chi connectivity index (χ1n) is 2.65. The average molecular weight is 189 g/mol. The van der Waals surface area contributed by atoms with Crippen molar-refractivity contribution < 1.29 is 4.79 Å². The average Bonchev–Trinajstić information content (AvgIpc) is 1.89. The summed E-state index contributed by atoms with van der Waals surface area (Å²) in [6, 6.07) is 0. The van der Waals surface area contributed by atoms with Gasteiger partial charge < -0.3 is 0 Å². The van der Waals surface area contributed by atoms with E-state index < -0.39 is 0 Å². The van der Waals surface area contributed by atoms with E-state index in [1.54, 1.807) is 6.08 Å². The first kappa shape index (κ1) is 8.63. The van der Waals surface area contributed by atoms with Crippen molar-refractivity contribution >= 4 is 22.2 Å². The molecule has 0 bridgehead atoms. The molecule has 0 fully saturated rings. The molecular formula is C7H9BrO. The number of aldehydes is 1. The second-order valence-corrected chi connectivity index (χ2v) is 2.23. The van der Waals surface area contributed by atoms with Crippen molar-refractivity contribution in [1.29, 1.82) is 0 Å². The molecule has 50 valence electrons. The summed E-state index contributed by atoms with van der Waals surface area (Å²) in [4.78, 5) is 9.75. The standard InChI is InChI=1S/C7H9BrO/c1-7(6-8)4-2-3-5-9/h2-5H,6H2,1H3/b3-2+,7-4-. The first-order valence-corrected chi connectivity index (χ1v) is 3.77. The van der Waals surface area contributed by atoms with Gasteiger partial charge in [-0.15, -0.1) is 0 Å². The third kappa shape index (κ3) is 5.50. The molecule has 2 heteroatoms.